The van der Waals surface area contributed by atoms with Crippen LogP contribution in [0.15, 0.2) is 0 Å². The molecule has 0 radical (unpaired) electrons. The minimum absolute atomic E-state index is 0.776. The summed E-state index contributed by atoms with van der Waals surface area (Å²) in [6, 6.07) is 1.55. The Kier molecular flexibility index (Phi) is 14.3. The van der Waals surface area contributed by atoms with Gasteiger partial charge in [-0.1, -0.05) is 79.1 Å². The maximum Gasteiger partial charge on any atom is 0.00696 e. The molecular weight excluding hydrogens is 230 g/mol. The summed E-state index contributed by atoms with van der Waals surface area (Å²) in [4.78, 5) is 0. The maximum atomic E-state index is 3.99. The first-order valence-corrected chi connectivity index (χ1v) is 9.04. The Bertz CT molecular complexity index is 133. The van der Waals surface area contributed by atoms with Crippen molar-refractivity contribution in [3.8, 4) is 0 Å². The Morgan fingerprint density at radius 2 is 0.789 bits per heavy atom. The summed E-state index contributed by atoms with van der Waals surface area (Å²) in [5.74, 6) is 0. The molecule has 0 unspecified atom stereocenters. The van der Waals surface area contributed by atoms with Gasteiger partial charge >= 0.3 is 0 Å². The summed E-state index contributed by atoms with van der Waals surface area (Å²) < 4.78 is 0. The predicted molar refractivity (Wildman–Crippen MR) is 88.8 cm³/mol. The molecule has 0 aliphatic rings. The average Bonchev–Trinajstić information content (AvgIpc) is 2.44. The molecule has 1 heteroatoms. The van der Waals surface area contributed by atoms with Gasteiger partial charge < -0.3 is 5.32 Å². The second-order valence-corrected chi connectivity index (χ2v) is 6.13. The molecule has 0 aliphatic carbocycles. The lowest BCUT2D eigenvalue weighted by atomic mass is 9.98. The van der Waals surface area contributed by atoms with Gasteiger partial charge in [-0.15, -0.1) is 0 Å². The van der Waals surface area contributed by atoms with Gasteiger partial charge in [0.25, 0.3) is 0 Å². The summed E-state index contributed by atoms with van der Waals surface area (Å²) in [5.41, 5.74) is 0. The lowest BCUT2D eigenvalue weighted by molar-refractivity contribution is 0.338. The molecule has 1 N–H and O–H groups in total. The van der Waals surface area contributed by atoms with Gasteiger partial charge in [-0.25, -0.2) is 0 Å². The summed E-state index contributed by atoms with van der Waals surface area (Å²) in [6.45, 7) is 9.23. The van der Waals surface area contributed by atoms with Crippen LogP contribution in [-0.2, 0) is 0 Å². The Morgan fingerprint density at radius 3 is 1.00 bits per heavy atom. The predicted octanol–water partition coefficient (Wildman–Crippen LogP) is 6.07. The van der Waals surface area contributed by atoms with E-state index >= 15 is 0 Å². The number of rotatable bonds is 14. The topological polar surface area (TPSA) is 12.0 Å². The molecule has 116 valence electrons. The minimum atomic E-state index is 0.776. The quantitative estimate of drug-likeness (QED) is 0.403. The van der Waals surface area contributed by atoms with Gasteiger partial charge in [0.05, 0.1) is 0 Å². The van der Waals surface area contributed by atoms with Gasteiger partial charge in [0.2, 0.25) is 0 Å². The number of unbranched alkanes of at least 4 members (excludes halogenated alkanes) is 4. The summed E-state index contributed by atoms with van der Waals surface area (Å²) in [7, 11) is 0. The van der Waals surface area contributed by atoms with Crippen LogP contribution in [0.1, 0.15) is 105 Å². The second-order valence-electron chi connectivity index (χ2n) is 6.13. The first-order valence-electron chi connectivity index (χ1n) is 9.04. The van der Waals surface area contributed by atoms with E-state index in [1.807, 2.05) is 0 Å². The van der Waals surface area contributed by atoms with Crippen LogP contribution in [0.4, 0.5) is 0 Å². The number of hydrogen-bond donors (Lipinski definition) is 1. The summed E-state index contributed by atoms with van der Waals surface area (Å²) >= 11 is 0. The van der Waals surface area contributed by atoms with Crippen LogP contribution in [0.5, 0.6) is 0 Å². The van der Waals surface area contributed by atoms with E-state index in [1.165, 1.54) is 77.0 Å². The Hall–Kier alpha value is -0.0400. The smallest absolute Gasteiger partial charge is 0.00696 e. The molecule has 0 aromatic carbocycles. The largest absolute Gasteiger partial charge is 0.311 e. The van der Waals surface area contributed by atoms with Crippen LogP contribution >= 0.6 is 0 Å². The fourth-order valence-electron chi connectivity index (χ4n) is 2.76. The molecule has 1 nitrogen and oxygen atoms in total. The van der Waals surface area contributed by atoms with Crippen molar-refractivity contribution in [1.29, 1.82) is 0 Å². The fraction of sp³-hybridized carbons (Fsp3) is 1.00. The van der Waals surface area contributed by atoms with Gasteiger partial charge in [0.15, 0.2) is 0 Å². The second kappa shape index (κ2) is 14.4. The van der Waals surface area contributed by atoms with Crippen LogP contribution < -0.4 is 5.32 Å². The van der Waals surface area contributed by atoms with Gasteiger partial charge in [0.1, 0.15) is 0 Å². The van der Waals surface area contributed by atoms with Gasteiger partial charge in [-0.2, -0.15) is 0 Å². The molecule has 19 heavy (non-hydrogen) atoms. The molecule has 0 aromatic heterocycles. The zero-order valence-electron chi connectivity index (χ0n) is 14.1. The lowest BCUT2D eigenvalue weighted by Crippen LogP contribution is -2.38. The van der Waals surface area contributed by atoms with E-state index in [4.69, 9.17) is 0 Å². The minimum Gasteiger partial charge on any atom is -0.311 e. The van der Waals surface area contributed by atoms with Crippen LogP contribution in [0.25, 0.3) is 0 Å². The van der Waals surface area contributed by atoms with Gasteiger partial charge in [-0.05, 0) is 25.7 Å². The zero-order chi connectivity index (χ0) is 14.3. The fourth-order valence-corrected chi connectivity index (χ4v) is 2.76. The molecular formula is C18H39N. The molecule has 0 rings (SSSR count). The van der Waals surface area contributed by atoms with E-state index in [0.29, 0.717) is 0 Å². The third kappa shape index (κ3) is 11.5. The van der Waals surface area contributed by atoms with Gasteiger partial charge in [-0.3, -0.25) is 0 Å². The number of nitrogens with one attached hydrogen (secondary N) is 1. The molecule has 0 saturated carbocycles. The lowest BCUT2D eigenvalue weighted by Gasteiger charge is -2.26. The Morgan fingerprint density at radius 1 is 0.526 bits per heavy atom. The highest BCUT2D eigenvalue weighted by atomic mass is 14.9. The monoisotopic (exact) mass is 269 g/mol. The van der Waals surface area contributed by atoms with E-state index in [0.717, 1.165) is 12.1 Å². The Labute approximate surface area is 122 Å². The van der Waals surface area contributed by atoms with Crippen LogP contribution in [0, 0.1) is 0 Å². The first kappa shape index (κ1) is 19.0. The highest BCUT2D eigenvalue weighted by Gasteiger charge is 2.14. The molecule has 0 heterocycles. The normalized spacial score (nSPS) is 11.7. The summed E-state index contributed by atoms with van der Waals surface area (Å²) in [5, 5.41) is 3.99. The van der Waals surface area contributed by atoms with Crippen molar-refractivity contribution in [1.82, 2.24) is 5.32 Å². The van der Waals surface area contributed by atoms with E-state index in [-0.39, 0.29) is 0 Å². The standard InChI is InChI=1S/C18H39N/c1-5-9-13-17(14-10-6-2)19-18(15-11-7-3)16-12-8-4/h17-19H,5-16H2,1-4H3. The number of hydrogen-bond acceptors (Lipinski definition) is 1. The molecule has 0 fully saturated rings. The first-order chi connectivity index (χ1) is 9.28. The third-order valence-electron chi connectivity index (χ3n) is 4.10. The third-order valence-corrected chi connectivity index (χ3v) is 4.10. The van der Waals surface area contributed by atoms with Crippen molar-refractivity contribution >= 4 is 0 Å². The van der Waals surface area contributed by atoms with Crippen LogP contribution in [0.2, 0.25) is 0 Å². The molecule has 0 spiro atoms. The average molecular weight is 270 g/mol. The van der Waals surface area contributed by atoms with Crippen molar-refractivity contribution in [3.63, 3.8) is 0 Å². The Balaban J connectivity index is 4.16. The van der Waals surface area contributed by atoms with Crippen molar-refractivity contribution in [3.05, 3.63) is 0 Å². The molecule has 0 bridgehead atoms. The zero-order valence-corrected chi connectivity index (χ0v) is 14.1. The molecule has 0 amide bonds. The molecule has 0 aromatic rings. The highest BCUT2D eigenvalue weighted by Crippen LogP contribution is 2.14. The maximum absolute atomic E-state index is 3.99. The molecule has 0 aliphatic heterocycles. The van der Waals surface area contributed by atoms with Crippen molar-refractivity contribution in [2.75, 3.05) is 0 Å². The molecule has 0 atom stereocenters. The van der Waals surface area contributed by atoms with E-state index in [2.05, 4.69) is 33.0 Å². The van der Waals surface area contributed by atoms with Gasteiger partial charge in [0, 0.05) is 12.1 Å². The van der Waals surface area contributed by atoms with E-state index < -0.39 is 0 Å². The molecule has 0 saturated heterocycles. The van der Waals surface area contributed by atoms with E-state index in [1.54, 1.807) is 0 Å². The van der Waals surface area contributed by atoms with E-state index in [9.17, 15) is 0 Å². The highest BCUT2D eigenvalue weighted by molar-refractivity contribution is 4.75. The van der Waals surface area contributed by atoms with Crippen molar-refractivity contribution in [2.24, 2.45) is 0 Å². The van der Waals surface area contributed by atoms with Crippen LogP contribution in [-0.4, -0.2) is 12.1 Å². The van der Waals surface area contributed by atoms with Crippen molar-refractivity contribution in [2.45, 2.75) is 117 Å². The van der Waals surface area contributed by atoms with Crippen molar-refractivity contribution < 1.29 is 0 Å². The SMILES string of the molecule is CCCCC(CCCC)NC(CCCC)CCCC. The van der Waals surface area contributed by atoms with Crippen LogP contribution in [0.3, 0.4) is 0 Å². The summed E-state index contributed by atoms with van der Waals surface area (Å²) in [6.07, 6.45) is 16.4.